The molecule has 0 bridgehead atoms. The van der Waals surface area contributed by atoms with Crippen LogP contribution in [0.25, 0.3) is 0 Å². The van der Waals surface area contributed by atoms with Gasteiger partial charge in [0.05, 0.1) is 12.7 Å². The number of ether oxygens (including phenoxy) is 1. The molecule has 0 fully saturated rings. The zero-order valence-corrected chi connectivity index (χ0v) is 10.9. The van der Waals surface area contributed by atoms with Gasteiger partial charge in [-0.2, -0.15) is 0 Å². The molecule has 0 saturated heterocycles. The molecule has 0 aromatic heterocycles. The van der Waals surface area contributed by atoms with Crippen LogP contribution in [0.3, 0.4) is 0 Å². The lowest BCUT2D eigenvalue weighted by molar-refractivity contribution is 0.0526. The highest BCUT2D eigenvalue weighted by molar-refractivity contribution is 5.48. The molecule has 2 rings (SSSR count). The van der Waals surface area contributed by atoms with Crippen molar-refractivity contribution in [3.8, 4) is 0 Å². The number of benzene rings is 2. The van der Waals surface area contributed by atoms with E-state index < -0.39 is 0 Å². The summed E-state index contributed by atoms with van der Waals surface area (Å²) >= 11 is 0. The molecular weight excluding hydrogens is 222 g/mol. The average molecular weight is 241 g/mol. The van der Waals surface area contributed by atoms with E-state index in [2.05, 4.69) is 18.2 Å². The van der Waals surface area contributed by atoms with E-state index in [0.29, 0.717) is 6.61 Å². The minimum absolute atomic E-state index is 0.0492. The van der Waals surface area contributed by atoms with Gasteiger partial charge in [0, 0.05) is 5.69 Å². The Kier molecular flexibility index (Phi) is 4.00. The maximum absolute atomic E-state index is 5.91. The van der Waals surface area contributed by atoms with Crippen LogP contribution in [0.5, 0.6) is 0 Å². The molecule has 2 aromatic carbocycles. The number of hydrogen-bond acceptors (Lipinski definition) is 2. The Morgan fingerprint density at radius 2 is 1.83 bits per heavy atom. The van der Waals surface area contributed by atoms with Crippen molar-refractivity contribution in [2.75, 3.05) is 5.73 Å². The van der Waals surface area contributed by atoms with Gasteiger partial charge in [0.1, 0.15) is 0 Å². The third-order valence-corrected chi connectivity index (χ3v) is 3.12. The third-order valence-electron chi connectivity index (χ3n) is 3.12. The van der Waals surface area contributed by atoms with Crippen LogP contribution in [0, 0.1) is 6.92 Å². The predicted molar refractivity (Wildman–Crippen MR) is 75.2 cm³/mol. The van der Waals surface area contributed by atoms with E-state index in [9.17, 15) is 0 Å². The molecule has 0 spiro atoms. The first-order chi connectivity index (χ1) is 8.66. The SMILES string of the molecule is Cc1ccc(C(C)OCc2ccccc2)cc1N. The number of nitrogen functional groups attached to an aromatic ring is 1. The first kappa shape index (κ1) is 12.7. The lowest BCUT2D eigenvalue weighted by Crippen LogP contribution is -2.02. The number of rotatable bonds is 4. The molecule has 0 aliphatic heterocycles. The molecule has 94 valence electrons. The van der Waals surface area contributed by atoms with Crippen LogP contribution in [0.15, 0.2) is 48.5 Å². The molecule has 0 amide bonds. The van der Waals surface area contributed by atoms with E-state index in [-0.39, 0.29) is 6.10 Å². The highest BCUT2D eigenvalue weighted by Gasteiger charge is 2.07. The lowest BCUT2D eigenvalue weighted by Gasteiger charge is -2.14. The van der Waals surface area contributed by atoms with E-state index in [1.807, 2.05) is 44.2 Å². The Morgan fingerprint density at radius 3 is 2.50 bits per heavy atom. The second kappa shape index (κ2) is 5.69. The number of hydrogen-bond donors (Lipinski definition) is 1. The van der Waals surface area contributed by atoms with Crippen LogP contribution in [-0.4, -0.2) is 0 Å². The fourth-order valence-electron chi connectivity index (χ4n) is 1.80. The average Bonchev–Trinajstić information content (AvgIpc) is 2.40. The Balaban J connectivity index is 1.99. The number of nitrogens with two attached hydrogens (primary N) is 1. The second-order valence-electron chi connectivity index (χ2n) is 4.55. The lowest BCUT2D eigenvalue weighted by atomic mass is 10.1. The van der Waals surface area contributed by atoms with Crippen LogP contribution in [0.2, 0.25) is 0 Å². The zero-order valence-electron chi connectivity index (χ0n) is 10.9. The van der Waals surface area contributed by atoms with E-state index >= 15 is 0 Å². The van der Waals surface area contributed by atoms with Crippen LogP contribution < -0.4 is 5.73 Å². The van der Waals surface area contributed by atoms with Gasteiger partial charge in [0.25, 0.3) is 0 Å². The Labute approximate surface area is 108 Å². The van der Waals surface area contributed by atoms with Gasteiger partial charge < -0.3 is 10.5 Å². The Bertz CT molecular complexity index is 508. The van der Waals surface area contributed by atoms with Gasteiger partial charge in [-0.05, 0) is 36.6 Å². The minimum atomic E-state index is 0.0492. The summed E-state index contributed by atoms with van der Waals surface area (Å²) in [6, 6.07) is 16.3. The molecule has 0 radical (unpaired) electrons. The van der Waals surface area contributed by atoms with Crippen molar-refractivity contribution < 1.29 is 4.74 Å². The van der Waals surface area contributed by atoms with Gasteiger partial charge in [-0.1, -0.05) is 42.5 Å². The first-order valence-corrected chi connectivity index (χ1v) is 6.18. The number of aryl methyl sites for hydroxylation is 1. The van der Waals surface area contributed by atoms with Crippen molar-refractivity contribution in [2.24, 2.45) is 0 Å². The normalized spacial score (nSPS) is 12.3. The molecule has 18 heavy (non-hydrogen) atoms. The largest absolute Gasteiger partial charge is 0.399 e. The highest BCUT2D eigenvalue weighted by Crippen LogP contribution is 2.22. The van der Waals surface area contributed by atoms with E-state index in [0.717, 1.165) is 16.8 Å². The van der Waals surface area contributed by atoms with Crippen LogP contribution in [0.1, 0.15) is 29.7 Å². The van der Waals surface area contributed by atoms with Gasteiger partial charge in [-0.25, -0.2) is 0 Å². The third kappa shape index (κ3) is 3.11. The van der Waals surface area contributed by atoms with Gasteiger partial charge in [-0.15, -0.1) is 0 Å². The predicted octanol–water partition coefficient (Wildman–Crippen LogP) is 3.86. The van der Waals surface area contributed by atoms with Crippen molar-refractivity contribution in [3.63, 3.8) is 0 Å². The Hall–Kier alpha value is -1.80. The second-order valence-corrected chi connectivity index (χ2v) is 4.55. The Morgan fingerprint density at radius 1 is 1.11 bits per heavy atom. The summed E-state index contributed by atoms with van der Waals surface area (Å²) in [6.45, 7) is 4.68. The molecule has 2 N–H and O–H groups in total. The summed E-state index contributed by atoms with van der Waals surface area (Å²) in [4.78, 5) is 0. The molecular formula is C16H19NO. The van der Waals surface area contributed by atoms with Gasteiger partial charge >= 0.3 is 0 Å². The van der Waals surface area contributed by atoms with Crippen LogP contribution >= 0.6 is 0 Å². The van der Waals surface area contributed by atoms with Crippen molar-refractivity contribution in [1.29, 1.82) is 0 Å². The van der Waals surface area contributed by atoms with Crippen LogP contribution in [0.4, 0.5) is 5.69 Å². The van der Waals surface area contributed by atoms with Gasteiger partial charge in [0.2, 0.25) is 0 Å². The van der Waals surface area contributed by atoms with Crippen molar-refractivity contribution in [3.05, 3.63) is 65.2 Å². The minimum Gasteiger partial charge on any atom is -0.399 e. The standard InChI is InChI=1S/C16H19NO/c1-12-8-9-15(10-16(12)17)13(2)18-11-14-6-4-3-5-7-14/h3-10,13H,11,17H2,1-2H3. The summed E-state index contributed by atoms with van der Waals surface area (Å²) in [5, 5.41) is 0. The van der Waals surface area contributed by atoms with Crippen molar-refractivity contribution in [2.45, 2.75) is 26.6 Å². The summed E-state index contributed by atoms with van der Waals surface area (Å²) in [6.07, 6.45) is 0.0492. The topological polar surface area (TPSA) is 35.2 Å². The van der Waals surface area contributed by atoms with Crippen molar-refractivity contribution >= 4 is 5.69 Å². The van der Waals surface area contributed by atoms with E-state index in [4.69, 9.17) is 10.5 Å². The number of anilines is 1. The summed E-state index contributed by atoms with van der Waals surface area (Å²) in [7, 11) is 0. The van der Waals surface area contributed by atoms with E-state index in [1.165, 1.54) is 5.56 Å². The van der Waals surface area contributed by atoms with Crippen molar-refractivity contribution in [1.82, 2.24) is 0 Å². The summed E-state index contributed by atoms with van der Waals surface area (Å²) < 4.78 is 5.85. The smallest absolute Gasteiger partial charge is 0.0802 e. The molecule has 1 atom stereocenters. The molecule has 2 aromatic rings. The highest BCUT2D eigenvalue weighted by atomic mass is 16.5. The first-order valence-electron chi connectivity index (χ1n) is 6.18. The maximum Gasteiger partial charge on any atom is 0.0802 e. The zero-order chi connectivity index (χ0) is 13.0. The maximum atomic E-state index is 5.91. The fraction of sp³-hybridized carbons (Fsp3) is 0.250. The fourth-order valence-corrected chi connectivity index (χ4v) is 1.80. The summed E-state index contributed by atoms with van der Waals surface area (Å²) in [5.74, 6) is 0. The molecule has 2 nitrogen and oxygen atoms in total. The molecule has 1 unspecified atom stereocenters. The monoisotopic (exact) mass is 241 g/mol. The molecule has 0 saturated carbocycles. The molecule has 0 heterocycles. The summed E-state index contributed by atoms with van der Waals surface area (Å²) in [5.41, 5.74) is 10.1. The molecule has 2 heteroatoms. The van der Waals surface area contributed by atoms with Gasteiger partial charge in [-0.3, -0.25) is 0 Å². The quantitative estimate of drug-likeness (QED) is 0.825. The van der Waals surface area contributed by atoms with E-state index in [1.54, 1.807) is 0 Å². The molecule has 0 aliphatic carbocycles. The van der Waals surface area contributed by atoms with Gasteiger partial charge in [0.15, 0.2) is 0 Å². The molecule has 0 aliphatic rings. The van der Waals surface area contributed by atoms with Crippen LogP contribution in [-0.2, 0) is 11.3 Å².